The number of rotatable bonds is 1. The van der Waals surface area contributed by atoms with Crippen LogP contribution in [0.5, 0.6) is 0 Å². The summed E-state index contributed by atoms with van der Waals surface area (Å²) in [6, 6.07) is 0.531. The lowest BCUT2D eigenvalue weighted by Crippen LogP contribution is -2.41. The van der Waals surface area contributed by atoms with Crippen molar-refractivity contribution in [2.45, 2.75) is 46.1 Å². The summed E-state index contributed by atoms with van der Waals surface area (Å²) in [5.74, 6) is 0.795. The lowest BCUT2D eigenvalue weighted by atomic mass is 9.71. The van der Waals surface area contributed by atoms with Gasteiger partial charge in [-0.2, -0.15) is 0 Å². The van der Waals surface area contributed by atoms with Crippen molar-refractivity contribution in [3.63, 3.8) is 0 Å². The van der Waals surface area contributed by atoms with Crippen LogP contribution in [0.2, 0.25) is 0 Å². The van der Waals surface area contributed by atoms with Crippen molar-refractivity contribution in [2.75, 3.05) is 0 Å². The summed E-state index contributed by atoms with van der Waals surface area (Å²) in [5.41, 5.74) is 0.452. The maximum Gasteiger partial charge on any atom is 0.130 e. The van der Waals surface area contributed by atoms with Crippen LogP contribution in [0.25, 0.3) is 0 Å². The zero-order valence-corrected chi connectivity index (χ0v) is 10.3. The predicted molar refractivity (Wildman–Crippen MR) is 65.3 cm³/mol. The Balaban J connectivity index is 2.52. The average Bonchev–Trinajstić information content (AvgIpc) is 1.78. The molecule has 1 saturated carbocycles. The second-order valence-electron chi connectivity index (χ2n) is 5.06. The molecule has 3 heteroatoms. The van der Waals surface area contributed by atoms with Gasteiger partial charge in [0.2, 0.25) is 0 Å². The molecule has 0 heterocycles. The van der Waals surface area contributed by atoms with E-state index in [1.54, 1.807) is 0 Å². The molecule has 76 valence electrons. The smallest absolute Gasteiger partial charge is 0.130 e. The molecular weight excluding hydrogens is 198 g/mol. The quantitative estimate of drug-likeness (QED) is 0.517. The Labute approximate surface area is 92.1 Å². The molecule has 0 aromatic rings. The van der Waals surface area contributed by atoms with E-state index in [2.05, 4.69) is 38.7 Å². The number of thiol groups is 1. The molecule has 1 nitrogen and oxygen atoms in total. The Morgan fingerprint density at radius 1 is 1.46 bits per heavy atom. The molecule has 1 aliphatic rings. The summed E-state index contributed by atoms with van der Waals surface area (Å²) in [6.07, 6.45) is 3.76. The van der Waals surface area contributed by atoms with Crippen LogP contribution in [-0.2, 0) is 0 Å². The minimum absolute atomic E-state index is 0.452. The first-order valence-electron chi connectivity index (χ1n) is 4.88. The van der Waals surface area contributed by atoms with Crippen LogP contribution in [0.3, 0.4) is 0 Å². The standard InChI is InChI=1S/C10H19NS2/c1-7-4-8(11-9(12)13)6-10(2,3)5-7/h7-8H,4-6H2,1-3H3,(H2,11,12,13). The average molecular weight is 217 g/mol. The van der Waals surface area contributed by atoms with Gasteiger partial charge in [0, 0.05) is 6.04 Å². The van der Waals surface area contributed by atoms with Gasteiger partial charge in [0.05, 0.1) is 0 Å². The van der Waals surface area contributed by atoms with Gasteiger partial charge >= 0.3 is 0 Å². The van der Waals surface area contributed by atoms with Crippen LogP contribution in [0, 0.1) is 11.3 Å². The van der Waals surface area contributed by atoms with Gasteiger partial charge in [-0.1, -0.05) is 33.0 Å². The number of hydrogen-bond acceptors (Lipinski definition) is 1. The molecule has 0 aliphatic heterocycles. The lowest BCUT2D eigenvalue weighted by Gasteiger charge is -2.39. The fourth-order valence-electron chi connectivity index (χ4n) is 2.63. The van der Waals surface area contributed by atoms with Crippen molar-refractivity contribution in [3.05, 3.63) is 0 Å². The van der Waals surface area contributed by atoms with Crippen molar-refractivity contribution in [3.8, 4) is 0 Å². The summed E-state index contributed by atoms with van der Waals surface area (Å²) in [5, 5.41) is 3.26. The van der Waals surface area contributed by atoms with Gasteiger partial charge in [-0.15, -0.1) is 12.6 Å². The lowest BCUT2D eigenvalue weighted by molar-refractivity contribution is 0.162. The van der Waals surface area contributed by atoms with Crippen LogP contribution < -0.4 is 5.32 Å². The highest BCUT2D eigenvalue weighted by molar-refractivity contribution is 8.11. The molecule has 0 aromatic carbocycles. The molecule has 2 unspecified atom stereocenters. The Bertz CT molecular complexity index is 201. The van der Waals surface area contributed by atoms with Crippen molar-refractivity contribution < 1.29 is 0 Å². The SMILES string of the molecule is CC1CC(NC(=S)S)CC(C)(C)C1. The van der Waals surface area contributed by atoms with Crippen molar-refractivity contribution >= 4 is 29.2 Å². The maximum atomic E-state index is 4.94. The zero-order valence-electron chi connectivity index (χ0n) is 8.63. The Morgan fingerprint density at radius 2 is 2.08 bits per heavy atom. The topological polar surface area (TPSA) is 12.0 Å². The largest absolute Gasteiger partial charge is 0.368 e. The van der Waals surface area contributed by atoms with Gasteiger partial charge in [0.25, 0.3) is 0 Å². The molecule has 1 aliphatic carbocycles. The molecule has 0 amide bonds. The third kappa shape index (κ3) is 3.86. The highest BCUT2D eigenvalue weighted by Gasteiger charge is 2.31. The second-order valence-corrected chi connectivity index (χ2v) is 6.22. The third-order valence-corrected chi connectivity index (χ3v) is 2.96. The summed E-state index contributed by atoms with van der Waals surface area (Å²) in [4.78, 5) is 0. The van der Waals surface area contributed by atoms with Crippen LogP contribution >= 0.6 is 24.8 Å². The fraction of sp³-hybridized carbons (Fsp3) is 0.900. The molecule has 0 radical (unpaired) electrons. The molecule has 0 aromatic heterocycles. The minimum atomic E-state index is 0.452. The van der Waals surface area contributed by atoms with Gasteiger partial charge in [-0.3, -0.25) is 0 Å². The number of hydrogen-bond donors (Lipinski definition) is 2. The van der Waals surface area contributed by atoms with E-state index < -0.39 is 0 Å². The van der Waals surface area contributed by atoms with E-state index in [4.69, 9.17) is 12.2 Å². The Morgan fingerprint density at radius 3 is 2.54 bits per heavy atom. The van der Waals surface area contributed by atoms with Crippen LogP contribution in [0.1, 0.15) is 40.0 Å². The zero-order chi connectivity index (χ0) is 10.1. The molecule has 1 rings (SSSR count). The second kappa shape index (κ2) is 4.18. The molecule has 0 spiro atoms. The first kappa shape index (κ1) is 11.3. The summed E-state index contributed by atoms with van der Waals surface area (Å²) in [7, 11) is 0. The minimum Gasteiger partial charge on any atom is -0.368 e. The van der Waals surface area contributed by atoms with Gasteiger partial charge in [0.15, 0.2) is 0 Å². The predicted octanol–water partition coefficient (Wildman–Crippen LogP) is 3.01. The summed E-state index contributed by atoms with van der Waals surface area (Å²) in [6.45, 7) is 6.98. The molecule has 0 bridgehead atoms. The van der Waals surface area contributed by atoms with Gasteiger partial charge in [-0.05, 0) is 30.6 Å². The fourth-order valence-corrected chi connectivity index (χ4v) is 2.98. The highest BCUT2D eigenvalue weighted by atomic mass is 32.1. The first-order chi connectivity index (χ1) is 5.89. The maximum absolute atomic E-state index is 4.94. The molecule has 2 atom stereocenters. The van der Waals surface area contributed by atoms with E-state index in [1.807, 2.05) is 0 Å². The highest BCUT2D eigenvalue weighted by Crippen LogP contribution is 2.38. The van der Waals surface area contributed by atoms with E-state index >= 15 is 0 Å². The van der Waals surface area contributed by atoms with E-state index in [9.17, 15) is 0 Å². The summed E-state index contributed by atoms with van der Waals surface area (Å²) < 4.78 is 0.634. The summed E-state index contributed by atoms with van der Waals surface area (Å²) >= 11 is 9.06. The first-order valence-corrected chi connectivity index (χ1v) is 5.74. The van der Waals surface area contributed by atoms with Crippen molar-refractivity contribution in [1.29, 1.82) is 0 Å². The molecule has 1 fully saturated rings. The van der Waals surface area contributed by atoms with E-state index in [1.165, 1.54) is 19.3 Å². The van der Waals surface area contributed by atoms with Crippen molar-refractivity contribution in [2.24, 2.45) is 11.3 Å². The van der Waals surface area contributed by atoms with E-state index in [-0.39, 0.29) is 0 Å². The van der Waals surface area contributed by atoms with Gasteiger partial charge in [-0.25, -0.2) is 0 Å². The monoisotopic (exact) mass is 217 g/mol. The normalized spacial score (nSPS) is 32.6. The van der Waals surface area contributed by atoms with Crippen molar-refractivity contribution in [1.82, 2.24) is 5.32 Å². The Hall–Kier alpha value is 0.240. The van der Waals surface area contributed by atoms with Crippen LogP contribution in [0.4, 0.5) is 0 Å². The molecule has 13 heavy (non-hydrogen) atoms. The van der Waals surface area contributed by atoms with Crippen LogP contribution in [-0.4, -0.2) is 10.4 Å². The number of thiocarbonyl (C=S) groups is 1. The van der Waals surface area contributed by atoms with E-state index in [0.717, 1.165) is 5.92 Å². The van der Waals surface area contributed by atoms with Crippen LogP contribution in [0.15, 0.2) is 0 Å². The molecule has 1 N–H and O–H groups in total. The molecule has 0 saturated heterocycles. The van der Waals surface area contributed by atoms with Gasteiger partial charge in [0.1, 0.15) is 4.32 Å². The van der Waals surface area contributed by atoms with E-state index in [0.29, 0.717) is 15.8 Å². The number of nitrogens with one attached hydrogen (secondary N) is 1. The molecular formula is C10H19NS2. The third-order valence-electron chi connectivity index (χ3n) is 2.71. The van der Waals surface area contributed by atoms with Gasteiger partial charge < -0.3 is 5.32 Å². The Kier molecular flexibility index (Phi) is 3.64.